The zero-order valence-corrected chi connectivity index (χ0v) is 15.5. The molecule has 1 atom stereocenters. The summed E-state index contributed by atoms with van der Waals surface area (Å²) in [6, 6.07) is 5.05. The van der Waals surface area contributed by atoms with Gasteiger partial charge in [0.25, 0.3) is 0 Å². The molecule has 3 N–H and O–H groups in total. The van der Waals surface area contributed by atoms with Crippen molar-refractivity contribution in [3.8, 4) is 0 Å². The molecule has 6 nitrogen and oxygen atoms in total. The van der Waals surface area contributed by atoms with Crippen molar-refractivity contribution in [3.05, 3.63) is 35.1 Å². The first-order chi connectivity index (χ1) is 11.2. The van der Waals surface area contributed by atoms with Crippen molar-refractivity contribution >= 4 is 16.0 Å². The lowest BCUT2D eigenvalue weighted by Crippen LogP contribution is -2.39. The summed E-state index contributed by atoms with van der Waals surface area (Å²) in [5, 5.41) is 6.34. The Morgan fingerprint density at radius 2 is 2.08 bits per heavy atom. The third-order valence-corrected chi connectivity index (χ3v) is 4.09. The Kier molecular flexibility index (Phi) is 8.14. The molecule has 136 valence electrons. The van der Waals surface area contributed by atoms with Crippen LogP contribution in [0.1, 0.15) is 37.4 Å². The molecule has 1 rings (SSSR count). The largest absolute Gasteiger partial charge is 0.357 e. The molecule has 0 aliphatic rings. The minimum absolute atomic E-state index is 0.105. The van der Waals surface area contributed by atoms with Crippen LogP contribution >= 0.6 is 0 Å². The summed E-state index contributed by atoms with van der Waals surface area (Å²) in [5.41, 5.74) is 1.45. The summed E-state index contributed by atoms with van der Waals surface area (Å²) in [6.45, 7) is 7.14. The van der Waals surface area contributed by atoms with Crippen molar-refractivity contribution in [1.29, 1.82) is 0 Å². The van der Waals surface area contributed by atoms with Gasteiger partial charge in [0.15, 0.2) is 5.96 Å². The average Bonchev–Trinajstić information content (AvgIpc) is 2.48. The molecule has 0 saturated carbocycles. The van der Waals surface area contributed by atoms with E-state index in [4.69, 9.17) is 0 Å². The molecule has 0 radical (unpaired) electrons. The molecule has 0 amide bonds. The molecule has 1 aromatic rings. The molecule has 0 aliphatic carbocycles. The Hall–Kier alpha value is -1.67. The van der Waals surface area contributed by atoms with Crippen LogP contribution in [0.25, 0.3) is 0 Å². The van der Waals surface area contributed by atoms with Gasteiger partial charge in [0.05, 0.1) is 12.3 Å². The number of aliphatic imine (C=N–C) groups is 1. The van der Waals surface area contributed by atoms with E-state index in [1.807, 2.05) is 19.9 Å². The monoisotopic (exact) mass is 358 g/mol. The average molecular weight is 358 g/mol. The highest BCUT2D eigenvalue weighted by atomic mass is 32.2. The fourth-order valence-electron chi connectivity index (χ4n) is 2.01. The summed E-state index contributed by atoms with van der Waals surface area (Å²) >= 11 is 0. The van der Waals surface area contributed by atoms with Crippen LogP contribution in [0.15, 0.2) is 23.2 Å². The highest BCUT2D eigenvalue weighted by Gasteiger charge is 2.09. The second-order valence-electron chi connectivity index (χ2n) is 5.66. The number of nitrogens with zero attached hydrogens (tertiary/aromatic N) is 1. The van der Waals surface area contributed by atoms with Gasteiger partial charge in [0.2, 0.25) is 10.0 Å². The van der Waals surface area contributed by atoms with E-state index in [-0.39, 0.29) is 11.9 Å². The first kappa shape index (κ1) is 20.4. The summed E-state index contributed by atoms with van der Waals surface area (Å²) in [5.74, 6) is 0.389. The highest BCUT2D eigenvalue weighted by Crippen LogP contribution is 2.16. The van der Waals surface area contributed by atoms with Crippen LogP contribution in [0.3, 0.4) is 0 Å². The standard InChI is InChI=1S/C16H27FN4O2S/c1-5-18-16(19-9-6-10-20-24(4,22)23)21-13(3)14-8-7-12(2)15(17)11-14/h7-8,11,13,20H,5-6,9-10H2,1-4H3,(H2,18,19,21). The lowest BCUT2D eigenvalue weighted by Gasteiger charge is -2.18. The maximum absolute atomic E-state index is 13.7. The van der Waals surface area contributed by atoms with Gasteiger partial charge in [0.1, 0.15) is 5.82 Å². The second-order valence-corrected chi connectivity index (χ2v) is 7.49. The highest BCUT2D eigenvalue weighted by molar-refractivity contribution is 7.88. The van der Waals surface area contributed by atoms with Crippen LogP contribution in [0.4, 0.5) is 4.39 Å². The Bertz CT molecular complexity index is 662. The number of aryl methyl sites for hydroxylation is 1. The number of sulfonamides is 1. The Labute approximate surface area is 144 Å². The van der Waals surface area contributed by atoms with Crippen molar-refractivity contribution in [3.63, 3.8) is 0 Å². The third-order valence-electron chi connectivity index (χ3n) is 3.36. The SMILES string of the molecule is CCNC(=NCCCNS(C)(=O)=O)NC(C)c1ccc(C)c(F)c1. The Morgan fingerprint density at radius 1 is 1.38 bits per heavy atom. The van der Waals surface area contributed by atoms with Crippen LogP contribution in [-0.2, 0) is 10.0 Å². The minimum Gasteiger partial charge on any atom is -0.357 e. The van der Waals surface area contributed by atoms with Crippen LogP contribution < -0.4 is 15.4 Å². The second kappa shape index (κ2) is 9.58. The van der Waals surface area contributed by atoms with Gasteiger partial charge in [-0.3, -0.25) is 4.99 Å². The van der Waals surface area contributed by atoms with Crippen molar-refractivity contribution in [2.24, 2.45) is 4.99 Å². The topological polar surface area (TPSA) is 82.6 Å². The van der Waals surface area contributed by atoms with Gasteiger partial charge >= 0.3 is 0 Å². The normalized spacial score (nSPS) is 13.6. The smallest absolute Gasteiger partial charge is 0.208 e. The first-order valence-corrected chi connectivity index (χ1v) is 9.87. The van der Waals surface area contributed by atoms with Crippen molar-refractivity contribution in [1.82, 2.24) is 15.4 Å². The summed E-state index contributed by atoms with van der Waals surface area (Å²) in [6.07, 6.45) is 1.72. The zero-order chi connectivity index (χ0) is 18.2. The van der Waals surface area contributed by atoms with E-state index >= 15 is 0 Å². The fourth-order valence-corrected chi connectivity index (χ4v) is 2.53. The molecular formula is C16H27FN4O2S. The Morgan fingerprint density at radius 3 is 2.67 bits per heavy atom. The molecule has 0 fully saturated rings. The van der Waals surface area contributed by atoms with Crippen LogP contribution in [0.5, 0.6) is 0 Å². The van der Waals surface area contributed by atoms with Crippen LogP contribution in [0.2, 0.25) is 0 Å². The van der Waals surface area contributed by atoms with E-state index in [9.17, 15) is 12.8 Å². The number of hydrogen-bond acceptors (Lipinski definition) is 3. The van der Waals surface area contributed by atoms with Gasteiger partial charge in [-0.2, -0.15) is 0 Å². The molecule has 0 heterocycles. The van der Waals surface area contributed by atoms with Crippen LogP contribution in [0, 0.1) is 12.7 Å². The number of nitrogens with one attached hydrogen (secondary N) is 3. The molecule has 1 unspecified atom stereocenters. The molecule has 0 saturated heterocycles. The summed E-state index contributed by atoms with van der Waals surface area (Å²) in [7, 11) is -3.16. The van der Waals surface area contributed by atoms with E-state index < -0.39 is 10.0 Å². The lowest BCUT2D eigenvalue weighted by molar-refractivity contribution is 0.585. The van der Waals surface area contributed by atoms with Gasteiger partial charge in [0, 0.05) is 19.6 Å². The quantitative estimate of drug-likeness (QED) is 0.375. The van der Waals surface area contributed by atoms with Gasteiger partial charge in [-0.1, -0.05) is 12.1 Å². The molecule has 8 heteroatoms. The van der Waals surface area contributed by atoms with Crippen LogP contribution in [-0.4, -0.2) is 40.3 Å². The molecule has 0 aliphatic heterocycles. The molecule has 0 aromatic heterocycles. The lowest BCUT2D eigenvalue weighted by atomic mass is 10.1. The van der Waals surface area contributed by atoms with E-state index in [1.165, 1.54) is 6.07 Å². The fraction of sp³-hybridized carbons (Fsp3) is 0.562. The predicted molar refractivity (Wildman–Crippen MR) is 96.1 cm³/mol. The van der Waals surface area contributed by atoms with Crippen molar-refractivity contribution < 1.29 is 12.8 Å². The molecule has 0 bridgehead atoms. The molecular weight excluding hydrogens is 331 g/mol. The van der Waals surface area contributed by atoms with Gasteiger partial charge in [-0.25, -0.2) is 17.5 Å². The number of guanidine groups is 1. The van der Waals surface area contributed by atoms with E-state index in [0.29, 0.717) is 37.6 Å². The van der Waals surface area contributed by atoms with Gasteiger partial charge in [-0.15, -0.1) is 0 Å². The first-order valence-electron chi connectivity index (χ1n) is 7.98. The summed E-state index contributed by atoms with van der Waals surface area (Å²) < 4.78 is 38.1. The van der Waals surface area contributed by atoms with E-state index in [0.717, 1.165) is 11.8 Å². The third kappa shape index (κ3) is 7.74. The zero-order valence-electron chi connectivity index (χ0n) is 14.7. The molecule has 24 heavy (non-hydrogen) atoms. The van der Waals surface area contributed by atoms with Gasteiger partial charge in [-0.05, 0) is 44.4 Å². The molecule has 0 spiro atoms. The maximum atomic E-state index is 13.7. The Balaban J connectivity index is 2.60. The number of rotatable bonds is 8. The maximum Gasteiger partial charge on any atom is 0.208 e. The number of hydrogen-bond donors (Lipinski definition) is 3. The van der Waals surface area contributed by atoms with Crippen molar-refractivity contribution in [2.75, 3.05) is 25.9 Å². The van der Waals surface area contributed by atoms with Crippen molar-refractivity contribution in [2.45, 2.75) is 33.2 Å². The number of halogens is 1. The number of benzene rings is 1. The van der Waals surface area contributed by atoms with Gasteiger partial charge < -0.3 is 10.6 Å². The minimum atomic E-state index is -3.16. The van der Waals surface area contributed by atoms with E-state index in [1.54, 1.807) is 13.0 Å². The molecule has 1 aromatic carbocycles. The van der Waals surface area contributed by atoms with E-state index in [2.05, 4.69) is 20.3 Å². The summed E-state index contributed by atoms with van der Waals surface area (Å²) in [4.78, 5) is 4.40. The predicted octanol–water partition coefficient (Wildman–Crippen LogP) is 1.69.